The zero-order chi connectivity index (χ0) is 16.2. The Hall–Kier alpha value is -2.13. The Morgan fingerprint density at radius 3 is 1.87 bits per heavy atom. The van der Waals surface area contributed by atoms with Crippen LogP contribution in [0.5, 0.6) is 0 Å². The van der Waals surface area contributed by atoms with E-state index in [-0.39, 0.29) is 6.61 Å². The molecule has 0 atom stereocenters. The molecular formula is C20H26N2O. The van der Waals surface area contributed by atoms with Crippen LogP contribution in [-0.2, 0) is 13.1 Å². The Labute approximate surface area is 139 Å². The molecule has 0 saturated carbocycles. The predicted octanol–water partition coefficient (Wildman–Crippen LogP) is 3.88. The molecule has 2 rings (SSSR count). The molecule has 0 aromatic heterocycles. The van der Waals surface area contributed by atoms with Crippen LogP contribution in [-0.4, -0.2) is 29.5 Å². The molecule has 0 amide bonds. The van der Waals surface area contributed by atoms with Gasteiger partial charge in [0, 0.05) is 26.2 Å². The van der Waals surface area contributed by atoms with E-state index in [0.29, 0.717) is 0 Å². The van der Waals surface area contributed by atoms with Crippen molar-refractivity contribution in [2.45, 2.75) is 32.4 Å². The first-order valence-electron chi connectivity index (χ1n) is 8.31. The van der Waals surface area contributed by atoms with Crippen molar-refractivity contribution < 1.29 is 5.11 Å². The number of aliphatic imine (C=N–C) groups is 1. The van der Waals surface area contributed by atoms with Crippen molar-refractivity contribution in [3.8, 4) is 0 Å². The molecule has 0 heterocycles. The SMILES string of the molecule is OCCCCCN=CN(Cc1ccccc1)Cc1ccccc1. The average molecular weight is 310 g/mol. The predicted molar refractivity (Wildman–Crippen MR) is 96.4 cm³/mol. The van der Waals surface area contributed by atoms with Crippen LogP contribution in [0.1, 0.15) is 30.4 Å². The Morgan fingerprint density at radius 1 is 0.783 bits per heavy atom. The number of benzene rings is 2. The molecule has 0 unspecified atom stereocenters. The van der Waals surface area contributed by atoms with Gasteiger partial charge in [-0.1, -0.05) is 60.7 Å². The molecule has 2 aromatic carbocycles. The van der Waals surface area contributed by atoms with E-state index in [4.69, 9.17) is 5.11 Å². The lowest BCUT2D eigenvalue weighted by Gasteiger charge is -2.20. The number of rotatable bonds is 10. The summed E-state index contributed by atoms with van der Waals surface area (Å²) >= 11 is 0. The van der Waals surface area contributed by atoms with Gasteiger partial charge in [0.25, 0.3) is 0 Å². The maximum Gasteiger partial charge on any atom is 0.0855 e. The van der Waals surface area contributed by atoms with E-state index in [0.717, 1.165) is 38.9 Å². The Morgan fingerprint density at radius 2 is 1.35 bits per heavy atom. The van der Waals surface area contributed by atoms with Crippen LogP contribution in [0.4, 0.5) is 0 Å². The van der Waals surface area contributed by atoms with Gasteiger partial charge in [-0.2, -0.15) is 0 Å². The molecule has 2 aromatic rings. The molecule has 1 N–H and O–H groups in total. The number of unbranched alkanes of at least 4 members (excludes halogenated alkanes) is 2. The van der Waals surface area contributed by atoms with Gasteiger partial charge in [-0.15, -0.1) is 0 Å². The molecule has 3 nitrogen and oxygen atoms in total. The van der Waals surface area contributed by atoms with E-state index < -0.39 is 0 Å². The molecule has 0 saturated heterocycles. The zero-order valence-electron chi connectivity index (χ0n) is 13.6. The van der Waals surface area contributed by atoms with E-state index in [2.05, 4.69) is 58.4 Å². The molecule has 0 aliphatic heterocycles. The minimum Gasteiger partial charge on any atom is -0.396 e. The summed E-state index contributed by atoms with van der Waals surface area (Å²) in [6.45, 7) is 2.81. The second-order valence-corrected chi connectivity index (χ2v) is 5.68. The molecule has 0 spiro atoms. The van der Waals surface area contributed by atoms with Gasteiger partial charge in [0.15, 0.2) is 0 Å². The Kier molecular flexibility index (Phi) is 7.92. The summed E-state index contributed by atoms with van der Waals surface area (Å²) in [5, 5.41) is 8.79. The van der Waals surface area contributed by atoms with Crippen LogP contribution in [0.15, 0.2) is 65.7 Å². The first-order valence-corrected chi connectivity index (χ1v) is 8.31. The topological polar surface area (TPSA) is 35.8 Å². The van der Waals surface area contributed by atoms with Crippen LogP contribution in [0.2, 0.25) is 0 Å². The fourth-order valence-electron chi connectivity index (χ4n) is 2.44. The maximum absolute atomic E-state index is 8.79. The van der Waals surface area contributed by atoms with Crippen molar-refractivity contribution in [1.82, 2.24) is 4.90 Å². The van der Waals surface area contributed by atoms with Crippen molar-refractivity contribution in [3.63, 3.8) is 0 Å². The highest BCUT2D eigenvalue weighted by atomic mass is 16.2. The fraction of sp³-hybridized carbons (Fsp3) is 0.350. The Bertz CT molecular complexity index is 513. The second-order valence-electron chi connectivity index (χ2n) is 5.68. The van der Waals surface area contributed by atoms with E-state index in [1.54, 1.807) is 0 Å². The van der Waals surface area contributed by atoms with Gasteiger partial charge in [0.05, 0.1) is 6.34 Å². The summed E-state index contributed by atoms with van der Waals surface area (Å²) in [5.41, 5.74) is 2.57. The summed E-state index contributed by atoms with van der Waals surface area (Å²) in [5.74, 6) is 0. The molecule has 0 bridgehead atoms. The van der Waals surface area contributed by atoms with Crippen LogP contribution >= 0.6 is 0 Å². The molecule has 23 heavy (non-hydrogen) atoms. The smallest absolute Gasteiger partial charge is 0.0855 e. The van der Waals surface area contributed by atoms with E-state index in [1.807, 2.05) is 18.5 Å². The van der Waals surface area contributed by atoms with Crippen molar-refractivity contribution in [2.75, 3.05) is 13.2 Å². The van der Waals surface area contributed by atoms with Gasteiger partial charge in [0.1, 0.15) is 0 Å². The first kappa shape index (κ1) is 17.2. The minimum atomic E-state index is 0.276. The molecule has 122 valence electrons. The van der Waals surface area contributed by atoms with Gasteiger partial charge in [-0.3, -0.25) is 4.99 Å². The standard InChI is InChI=1S/C20H26N2O/c23-15-9-3-8-14-21-18-22(16-19-10-4-1-5-11-19)17-20-12-6-2-7-13-20/h1-2,4-7,10-13,18,23H,3,8-9,14-17H2. The third kappa shape index (κ3) is 7.11. The third-order valence-electron chi connectivity index (χ3n) is 3.65. The number of hydrogen-bond donors (Lipinski definition) is 1. The van der Waals surface area contributed by atoms with Gasteiger partial charge < -0.3 is 10.0 Å². The van der Waals surface area contributed by atoms with Gasteiger partial charge in [0.2, 0.25) is 0 Å². The van der Waals surface area contributed by atoms with Crippen LogP contribution in [0, 0.1) is 0 Å². The van der Waals surface area contributed by atoms with Gasteiger partial charge in [-0.25, -0.2) is 0 Å². The zero-order valence-corrected chi connectivity index (χ0v) is 13.6. The van der Waals surface area contributed by atoms with Crippen molar-refractivity contribution in [3.05, 3.63) is 71.8 Å². The number of aliphatic hydroxyl groups is 1. The minimum absolute atomic E-state index is 0.276. The summed E-state index contributed by atoms with van der Waals surface area (Å²) in [6, 6.07) is 21.0. The van der Waals surface area contributed by atoms with E-state index in [1.165, 1.54) is 11.1 Å². The largest absolute Gasteiger partial charge is 0.396 e. The fourth-order valence-corrected chi connectivity index (χ4v) is 2.44. The highest BCUT2D eigenvalue weighted by Crippen LogP contribution is 2.08. The van der Waals surface area contributed by atoms with Crippen LogP contribution in [0.25, 0.3) is 0 Å². The lowest BCUT2D eigenvalue weighted by Crippen LogP contribution is -2.21. The molecule has 0 fully saturated rings. The number of hydrogen-bond acceptors (Lipinski definition) is 2. The molecule has 3 heteroatoms. The molecule has 0 aliphatic rings. The van der Waals surface area contributed by atoms with Crippen LogP contribution in [0.3, 0.4) is 0 Å². The summed E-state index contributed by atoms with van der Waals surface area (Å²) in [7, 11) is 0. The lowest BCUT2D eigenvalue weighted by molar-refractivity contribution is 0.283. The molecule has 0 radical (unpaired) electrons. The van der Waals surface area contributed by atoms with Crippen LogP contribution < -0.4 is 0 Å². The average Bonchev–Trinajstić information content (AvgIpc) is 2.60. The van der Waals surface area contributed by atoms with Crippen molar-refractivity contribution in [1.29, 1.82) is 0 Å². The Balaban J connectivity index is 1.92. The number of nitrogens with zero attached hydrogens (tertiary/aromatic N) is 2. The van der Waals surface area contributed by atoms with Gasteiger partial charge in [-0.05, 0) is 30.4 Å². The molecule has 0 aliphatic carbocycles. The van der Waals surface area contributed by atoms with Gasteiger partial charge >= 0.3 is 0 Å². The highest BCUT2D eigenvalue weighted by molar-refractivity contribution is 5.55. The monoisotopic (exact) mass is 310 g/mol. The van der Waals surface area contributed by atoms with Crippen molar-refractivity contribution >= 4 is 6.34 Å². The highest BCUT2D eigenvalue weighted by Gasteiger charge is 2.03. The second kappa shape index (κ2) is 10.6. The summed E-state index contributed by atoms with van der Waals surface area (Å²) in [6.07, 6.45) is 4.90. The first-order chi connectivity index (χ1) is 11.4. The number of aliphatic hydroxyl groups excluding tert-OH is 1. The lowest BCUT2D eigenvalue weighted by atomic mass is 10.2. The normalized spacial score (nSPS) is 11.0. The third-order valence-corrected chi connectivity index (χ3v) is 3.65. The summed E-state index contributed by atoms with van der Waals surface area (Å²) in [4.78, 5) is 6.80. The molecular weight excluding hydrogens is 284 g/mol. The van der Waals surface area contributed by atoms with E-state index >= 15 is 0 Å². The summed E-state index contributed by atoms with van der Waals surface area (Å²) < 4.78 is 0. The van der Waals surface area contributed by atoms with Crippen molar-refractivity contribution in [2.24, 2.45) is 4.99 Å². The van der Waals surface area contributed by atoms with E-state index in [9.17, 15) is 0 Å². The maximum atomic E-state index is 8.79. The quantitative estimate of drug-likeness (QED) is 0.411.